The molecule has 0 aromatic heterocycles. The van der Waals surface area contributed by atoms with Gasteiger partial charge in [0.1, 0.15) is 0 Å². The number of hydrogen-bond donors (Lipinski definition) is 2. The number of nitrogens with zero attached hydrogens (tertiary/aromatic N) is 3. The van der Waals surface area contributed by atoms with Crippen LogP contribution in [0.4, 0.5) is 18.0 Å². The normalized spacial score (nSPS) is 20.4. The first-order chi connectivity index (χ1) is 13.6. The summed E-state index contributed by atoms with van der Waals surface area (Å²) < 4.78 is 66.0. The predicted octanol–water partition coefficient (Wildman–Crippen LogP) is 1.56. The number of methoxy groups -OCH3 is 1. The van der Waals surface area contributed by atoms with Crippen molar-refractivity contribution in [3.8, 4) is 0 Å². The van der Waals surface area contributed by atoms with Crippen molar-refractivity contribution in [3.63, 3.8) is 0 Å². The summed E-state index contributed by atoms with van der Waals surface area (Å²) in [7, 11) is -2.28. The second-order valence-electron chi connectivity index (χ2n) is 7.12. The molecule has 0 saturated carbocycles. The lowest BCUT2D eigenvalue weighted by Gasteiger charge is -2.33. The maximum atomic E-state index is 12.6. The molecule has 0 spiro atoms. The lowest BCUT2D eigenvalue weighted by molar-refractivity contribution is -0.0496. The molecule has 2 fully saturated rings. The van der Waals surface area contributed by atoms with Crippen molar-refractivity contribution in [2.24, 2.45) is 10.9 Å². The molecule has 2 aliphatic heterocycles. The van der Waals surface area contributed by atoms with Gasteiger partial charge in [-0.15, -0.1) is 24.0 Å². The fraction of sp³-hybridized carbons (Fsp3) is 0.875. The molecular weight excluding hydrogens is 542 g/mol. The van der Waals surface area contributed by atoms with Crippen LogP contribution in [0.5, 0.6) is 0 Å². The van der Waals surface area contributed by atoms with E-state index in [4.69, 9.17) is 4.74 Å². The van der Waals surface area contributed by atoms with Crippen LogP contribution in [0.15, 0.2) is 4.99 Å². The van der Waals surface area contributed by atoms with Crippen LogP contribution in [0, 0.1) is 5.92 Å². The summed E-state index contributed by atoms with van der Waals surface area (Å²) in [5.41, 5.74) is -5.26. The monoisotopic (exact) mass is 571 g/mol. The van der Waals surface area contributed by atoms with E-state index in [-0.39, 0.29) is 55.1 Å². The number of likely N-dealkylation sites (tertiary alicyclic amines) is 1. The summed E-state index contributed by atoms with van der Waals surface area (Å²) in [5, 5.41) is 6.44. The standard InChI is InChI=1S/C16H28F3N5O4S.HI/c1-20-14(22-13-5-7-23(8-6-13)15(25)28-2)21-11-12-3-9-24(10-4-12)29(26,27)16(17,18)19;/h12-13H,3-11H2,1-2H3,(H2,20,21,22);1H. The van der Waals surface area contributed by atoms with E-state index in [1.165, 1.54) is 7.11 Å². The number of hydrogen-bond acceptors (Lipinski definition) is 5. The number of amides is 1. The van der Waals surface area contributed by atoms with Crippen molar-refractivity contribution < 1.29 is 31.1 Å². The van der Waals surface area contributed by atoms with Crippen LogP contribution in [0.1, 0.15) is 25.7 Å². The molecule has 0 radical (unpaired) electrons. The fourth-order valence-electron chi connectivity index (χ4n) is 3.46. The van der Waals surface area contributed by atoms with Crippen LogP contribution >= 0.6 is 24.0 Å². The molecule has 0 bridgehead atoms. The van der Waals surface area contributed by atoms with Gasteiger partial charge in [0, 0.05) is 45.8 Å². The zero-order chi connectivity index (χ0) is 21.7. The molecule has 14 heteroatoms. The molecule has 2 aliphatic rings. The van der Waals surface area contributed by atoms with E-state index in [2.05, 4.69) is 15.6 Å². The van der Waals surface area contributed by atoms with Crippen LogP contribution in [-0.4, -0.2) is 88.1 Å². The number of sulfonamides is 1. The van der Waals surface area contributed by atoms with Crippen LogP contribution in [0.25, 0.3) is 0 Å². The van der Waals surface area contributed by atoms with Gasteiger partial charge in [-0.05, 0) is 31.6 Å². The van der Waals surface area contributed by atoms with Gasteiger partial charge in [-0.3, -0.25) is 4.99 Å². The number of ether oxygens (including phenoxy) is 1. The number of alkyl halides is 3. The number of rotatable bonds is 4. The molecule has 0 unspecified atom stereocenters. The van der Waals surface area contributed by atoms with Crippen molar-refractivity contribution in [1.82, 2.24) is 19.8 Å². The number of guanidine groups is 1. The summed E-state index contributed by atoms with van der Waals surface area (Å²) in [5.74, 6) is 0.626. The van der Waals surface area contributed by atoms with Gasteiger partial charge in [-0.1, -0.05) is 0 Å². The Morgan fingerprint density at radius 2 is 1.70 bits per heavy atom. The Labute approximate surface area is 191 Å². The van der Waals surface area contributed by atoms with Crippen molar-refractivity contribution in [2.75, 3.05) is 46.9 Å². The van der Waals surface area contributed by atoms with Crippen LogP contribution in [0.3, 0.4) is 0 Å². The Bertz CT molecular complexity index is 691. The minimum atomic E-state index is -5.26. The predicted molar refractivity (Wildman–Crippen MR) is 116 cm³/mol. The highest BCUT2D eigenvalue weighted by molar-refractivity contribution is 14.0. The van der Waals surface area contributed by atoms with Gasteiger partial charge in [-0.2, -0.15) is 17.5 Å². The van der Waals surface area contributed by atoms with E-state index in [1.54, 1.807) is 11.9 Å². The number of carbonyl (C=O) groups excluding carboxylic acids is 1. The number of halogens is 4. The Morgan fingerprint density at radius 3 is 2.17 bits per heavy atom. The van der Waals surface area contributed by atoms with E-state index >= 15 is 0 Å². The minimum absolute atomic E-state index is 0. The molecule has 0 aliphatic carbocycles. The molecule has 2 heterocycles. The molecular formula is C16H29F3IN5O4S. The zero-order valence-corrected chi connectivity index (χ0v) is 20.1. The number of nitrogens with one attached hydrogen (secondary N) is 2. The van der Waals surface area contributed by atoms with Crippen molar-refractivity contribution in [2.45, 2.75) is 37.2 Å². The lowest BCUT2D eigenvalue weighted by atomic mass is 9.98. The first-order valence-corrected chi connectivity index (χ1v) is 10.9. The van der Waals surface area contributed by atoms with E-state index in [0.29, 0.717) is 42.7 Å². The SMILES string of the molecule is CN=C(NCC1CCN(S(=O)(=O)C(F)(F)F)CC1)NC1CCN(C(=O)OC)CC1.I. The molecule has 9 nitrogen and oxygen atoms in total. The maximum absolute atomic E-state index is 12.6. The van der Waals surface area contributed by atoms with Gasteiger partial charge >= 0.3 is 21.6 Å². The van der Waals surface area contributed by atoms with Gasteiger partial charge in [0.2, 0.25) is 0 Å². The highest BCUT2D eigenvalue weighted by Gasteiger charge is 2.50. The van der Waals surface area contributed by atoms with Gasteiger partial charge in [0.25, 0.3) is 0 Å². The first-order valence-electron chi connectivity index (χ1n) is 9.45. The first kappa shape index (κ1) is 27.0. The Kier molecular flexibility index (Phi) is 10.4. The van der Waals surface area contributed by atoms with Crippen LogP contribution in [-0.2, 0) is 14.8 Å². The molecule has 1 amide bonds. The van der Waals surface area contributed by atoms with Crippen molar-refractivity contribution in [3.05, 3.63) is 0 Å². The minimum Gasteiger partial charge on any atom is -0.453 e. The second kappa shape index (κ2) is 11.5. The zero-order valence-electron chi connectivity index (χ0n) is 16.9. The number of aliphatic imine (C=N–C) groups is 1. The molecule has 176 valence electrons. The molecule has 2 saturated heterocycles. The van der Waals surface area contributed by atoms with Crippen LogP contribution in [0.2, 0.25) is 0 Å². The van der Waals surface area contributed by atoms with Gasteiger partial charge in [0.15, 0.2) is 5.96 Å². The fourth-order valence-corrected chi connectivity index (χ4v) is 4.45. The summed E-state index contributed by atoms with van der Waals surface area (Å²) >= 11 is 0. The Balaban J connectivity index is 0.00000450. The summed E-state index contributed by atoms with van der Waals surface area (Å²) in [6.07, 6.45) is 1.82. The average molecular weight is 571 g/mol. The maximum Gasteiger partial charge on any atom is 0.511 e. The Hall–Kier alpha value is -1.03. The molecule has 2 N–H and O–H groups in total. The third-order valence-corrected chi connectivity index (χ3v) is 6.89. The number of piperidine rings is 2. The molecule has 0 aromatic rings. The molecule has 0 aromatic carbocycles. The second-order valence-corrected chi connectivity index (χ2v) is 9.05. The Morgan fingerprint density at radius 1 is 1.13 bits per heavy atom. The van der Waals surface area contributed by atoms with Crippen molar-refractivity contribution in [1.29, 1.82) is 0 Å². The quantitative estimate of drug-likeness (QED) is 0.302. The van der Waals surface area contributed by atoms with E-state index in [1.807, 2.05) is 0 Å². The van der Waals surface area contributed by atoms with E-state index in [0.717, 1.165) is 12.8 Å². The van der Waals surface area contributed by atoms with Crippen LogP contribution < -0.4 is 10.6 Å². The number of carbonyl (C=O) groups is 1. The highest BCUT2D eigenvalue weighted by atomic mass is 127. The van der Waals surface area contributed by atoms with E-state index in [9.17, 15) is 26.4 Å². The largest absolute Gasteiger partial charge is 0.511 e. The highest BCUT2D eigenvalue weighted by Crippen LogP contribution is 2.30. The third-order valence-electron chi connectivity index (χ3n) is 5.26. The average Bonchev–Trinajstić information content (AvgIpc) is 2.70. The molecule has 30 heavy (non-hydrogen) atoms. The van der Waals surface area contributed by atoms with Gasteiger partial charge in [-0.25, -0.2) is 13.2 Å². The van der Waals surface area contributed by atoms with Crippen molar-refractivity contribution >= 4 is 46.1 Å². The molecule has 0 atom stereocenters. The summed E-state index contributed by atoms with van der Waals surface area (Å²) in [6, 6.07) is 0.140. The van der Waals surface area contributed by atoms with Gasteiger partial charge < -0.3 is 20.3 Å². The smallest absolute Gasteiger partial charge is 0.453 e. The summed E-state index contributed by atoms with van der Waals surface area (Å²) in [6.45, 7) is 1.35. The topological polar surface area (TPSA) is 103 Å². The third kappa shape index (κ3) is 7.00. The molecule has 2 rings (SSSR count). The lowest BCUT2D eigenvalue weighted by Crippen LogP contribution is -2.51. The van der Waals surface area contributed by atoms with E-state index < -0.39 is 15.5 Å². The van der Waals surface area contributed by atoms with Gasteiger partial charge in [0.05, 0.1) is 7.11 Å². The summed E-state index contributed by atoms with van der Waals surface area (Å²) in [4.78, 5) is 17.3.